The number of alkyl halides is 3. The number of furan rings is 1. The van der Waals surface area contributed by atoms with Gasteiger partial charge in [0.15, 0.2) is 0 Å². The van der Waals surface area contributed by atoms with Crippen LogP contribution in [0.4, 0.5) is 13.2 Å². The molecule has 2 rings (SSSR count). The molecule has 0 saturated carbocycles. The lowest BCUT2D eigenvalue weighted by Crippen LogP contribution is -2.37. The molecule has 0 aliphatic carbocycles. The zero-order valence-electron chi connectivity index (χ0n) is 13.8. The Morgan fingerprint density at radius 1 is 1.19 bits per heavy atom. The molecule has 0 bridgehead atoms. The Hall–Kier alpha value is -2.33. The van der Waals surface area contributed by atoms with Crippen LogP contribution in [0.3, 0.4) is 0 Å². The quantitative estimate of drug-likeness (QED) is 0.788. The Kier molecular flexibility index (Phi) is 6.09. The molecule has 142 valence electrons. The number of carbonyl (C=O) groups is 1. The predicted octanol–water partition coefficient (Wildman–Crippen LogP) is 2.49. The largest absolute Gasteiger partial charge is 0.468 e. The minimum Gasteiger partial charge on any atom is -0.468 e. The van der Waals surface area contributed by atoms with Gasteiger partial charge in [-0.15, -0.1) is 0 Å². The van der Waals surface area contributed by atoms with Gasteiger partial charge in [-0.05, 0) is 36.4 Å². The lowest BCUT2D eigenvalue weighted by Gasteiger charge is -2.19. The molecular formula is C16H17F3N2O4S. The molecule has 0 saturated heterocycles. The summed E-state index contributed by atoms with van der Waals surface area (Å²) in [6.45, 7) is 0.00151. The first-order valence-corrected chi connectivity index (χ1v) is 9.35. The molecule has 0 aliphatic heterocycles. The molecule has 1 heterocycles. The fraction of sp³-hybridized carbons (Fsp3) is 0.312. The highest BCUT2D eigenvalue weighted by atomic mass is 32.2. The van der Waals surface area contributed by atoms with Crippen molar-refractivity contribution in [3.8, 4) is 0 Å². The summed E-state index contributed by atoms with van der Waals surface area (Å²) in [6.07, 6.45) is -2.02. The van der Waals surface area contributed by atoms with Gasteiger partial charge in [0.2, 0.25) is 10.0 Å². The van der Waals surface area contributed by atoms with Crippen molar-refractivity contribution in [2.24, 2.45) is 0 Å². The number of benzene rings is 1. The SMILES string of the molecule is CS(=O)(=O)N(CCNC(=O)c1ccc(C(F)(F)F)cc1)Cc1ccco1. The Morgan fingerprint density at radius 3 is 2.35 bits per heavy atom. The van der Waals surface area contributed by atoms with E-state index in [2.05, 4.69) is 5.32 Å². The Bertz CT molecular complexity index is 831. The molecule has 2 aromatic rings. The van der Waals surface area contributed by atoms with E-state index in [4.69, 9.17) is 4.42 Å². The van der Waals surface area contributed by atoms with Gasteiger partial charge in [0.05, 0.1) is 24.6 Å². The van der Waals surface area contributed by atoms with Crippen LogP contribution in [0.1, 0.15) is 21.7 Å². The monoisotopic (exact) mass is 390 g/mol. The highest BCUT2D eigenvalue weighted by Gasteiger charge is 2.30. The first-order chi connectivity index (χ1) is 12.1. The number of hydrogen-bond acceptors (Lipinski definition) is 4. The third-order valence-electron chi connectivity index (χ3n) is 3.50. The topological polar surface area (TPSA) is 79.6 Å². The van der Waals surface area contributed by atoms with E-state index in [0.717, 1.165) is 34.8 Å². The number of carbonyl (C=O) groups excluding carboxylic acids is 1. The Morgan fingerprint density at radius 2 is 1.85 bits per heavy atom. The van der Waals surface area contributed by atoms with Crippen molar-refractivity contribution in [2.45, 2.75) is 12.7 Å². The molecule has 0 aliphatic rings. The van der Waals surface area contributed by atoms with Crippen molar-refractivity contribution in [1.82, 2.24) is 9.62 Å². The first-order valence-electron chi connectivity index (χ1n) is 7.50. The van der Waals surface area contributed by atoms with Gasteiger partial charge in [0.25, 0.3) is 5.91 Å². The molecule has 0 radical (unpaired) electrons. The lowest BCUT2D eigenvalue weighted by atomic mass is 10.1. The number of rotatable bonds is 7. The maximum Gasteiger partial charge on any atom is 0.416 e. The van der Waals surface area contributed by atoms with Crippen molar-refractivity contribution in [2.75, 3.05) is 19.3 Å². The van der Waals surface area contributed by atoms with Crippen molar-refractivity contribution in [1.29, 1.82) is 0 Å². The van der Waals surface area contributed by atoms with E-state index >= 15 is 0 Å². The van der Waals surface area contributed by atoms with Crippen LogP contribution in [0.5, 0.6) is 0 Å². The normalized spacial score (nSPS) is 12.3. The van der Waals surface area contributed by atoms with Crippen LogP contribution >= 0.6 is 0 Å². The van der Waals surface area contributed by atoms with Crippen LogP contribution < -0.4 is 5.32 Å². The minimum atomic E-state index is -4.48. The standard InChI is InChI=1S/C16H17F3N2O4S/c1-26(23,24)21(11-14-3-2-10-25-14)9-8-20-15(22)12-4-6-13(7-5-12)16(17,18)19/h2-7,10H,8-9,11H2,1H3,(H,20,22). The summed E-state index contributed by atoms with van der Waals surface area (Å²) in [4.78, 5) is 12.0. The number of hydrogen-bond donors (Lipinski definition) is 1. The molecule has 0 spiro atoms. The highest BCUT2D eigenvalue weighted by molar-refractivity contribution is 7.88. The smallest absolute Gasteiger partial charge is 0.416 e. The molecule has 0 unspecified atom stereocenters. The molecule has 0 atom stereocenters. The summed E-state index contributed by atoms with van der Waals surface area (Å²) in [7, 11) is -3.53. The second-order valence-electron chi connectivity index (χ2n) is 5.51. The van der Waals surface area contributed by atoms with Gasteiger partial charge >= 0.3 is 6.18 Å². The molecule has 6 nitrogen and oxygen atoms in total. The van der Waals surface area contributed by atoms with Crippen molar-refractivity contribution in [3.63, 3.8) is 0 Å². The van der Waals surface area contributed by atoms with Gasteiger partial charge in [0.1, 0.15) is 5.76 Å². The zero-order chi connectivity index (χ0) is 19.4. The summed E-state index contributed by atoms with van der Waals surface area (Å²) in [5.41, 5.74) is -0.800. The summed E-state index contributed by atoms with van der Waals surface area (Å²) >= 11 is 0. The molecule has 1 N–H and O–H groups in total. The van der Waals surface area contributed by atoms with Gasteiger partial charge in [-0.1, -0.05) is 0 Å². The second-order valence-corrected chi connectivity index (χ2v) is 7.49. The van der Waals surface area contributed by atoms with E-state index in [0.29, 0.717) is 5.76 Å². The number of nitrogens with zero attached hydrogens (tertiary/aromatic N) is 1. The van der Waals surface area contributed by atoms with Crippen LogP contribution in [0, 0.1) is 0 Å². The average Bonchev–Trinajstić information content (AvgIpc) is 3.05. The lowest BCUT2D eigenvalue weighted by molar-refractivity contribution is -0.137. The second kappa shape index (κ2) is 7.92. The fourth-order valence-corrected chi connectivity index (χ4v) is 2.93. The van der Waals surface area contributed by atoms with Crippen LogP contribution in [0.15, 0.2) is 47.1 Å². The van der Waals surface area contributed by atoms with Crippen LogP contribution in [0.2, 0.25) is 0 Å². The number of nitrogens with one attached hydrogen (secondary N) is 1. The molecule has 1 amide bonds. The number of sulfonamides is 1. The molecule has 1 aromatic carbocycles. The van der Waals surface area contributed by atoms with E-state index < -0.39 is 27.7 Å². The van der Waals surface area contributed by atoms with E-state index in [-0.39, 0.29) is 25.2 Å². The maximum atomic E-state index is 12.5. The van der Waals surface area contributed by atoms with Gasteiger partial charge < -0.3 is 9.73 Å². The third kappa shape index (κ3) is 5.60. The average molecular weight is 390 g/mol. The van der Waals surface area contributed by atoms with Gasteiger partial charge in [-0.2, -0.15) is 17.5 Å². The summed E-state index contributed by atoms with van der Waals surface area (Å²) in [5.74, 6) is -0.144. The Balaban J connectivity index is 1.93. The maximum absolute atomic E-state index is 12.5. The van der Waals surface area contributed by atoms with Crippen LogP contribution in [0.25, 0.3) is 0 Å². The molecule has 1 aromatic heterocycles. The predicted molar refractivity (Wildman–Crippen MR) is 87.7 cm³/mol. The fourth-order valence-electron chi connectivity index (χ4n) is 2.15. The number of amides is 1. The third-order valence-corrected chi connectivity index (χ3v) is 4.75. The minimum absolute atomic E-state index is 0.00632. The summed E-state index contributed by atoms with van der Waals surface area (Å²) in [5, 5.41) is 2.48. The van der Waals surface area contributed by atoms with E-state index in [1.165, 1.54) is 6.26 Å². The molecule has 10 heteroatoms. The Labute approximate surface area is 148 Å². The van der Waals surface area contributed by atoms with Gasteiger partial charge in [-0.3, -0.25) is 4.79 Å². The van der Waals surface area contributed by atoms with Crippen molar-refractivity contribution in [3.05, 3.63) is 59.5 Å². The zero-order valence-corrected chi connectivity index (χ0v) is 14.6. The summed E-state index contributed by atoms with van der Waals surface area (Å²) in [6, 6.07) is 7.01. The number of halogens is 3. The first kappa shape index (κ1) is 20.0. The van der Waals surface area contributed by atoms with E-state index in [1.807, 2.05) is 0 Å². The van der Waals surface area contributed by atoms with Crippen LogP contribution in [-0.4, -0.2) is 38.0 Å². The van der Waals surface area contributed by atoms with E-state index in [9.17, 15) is 26.4 Å². The highest BCUT2D eigenvalue weighted by Crippen LogP contribution is 2.29. The van der Waals surface area contributed by atoms with Gasteiger partial charge in [0, 0.05) is 18.7 Å². The van der Waals surface area contributed by atoms with Gasteiger partial charge in [-0.25, -0.2) is 8.42 Å². The summed E-state index contributed by atoms with van der Waals surface area (Å²) < 4.78 is 67.4. The molecule has 0 fully saturated rings. The molecule has 26 heavy (non-hydrogen) atoms. The van der Waals surface area contributed by atoms with E-state index in [1.54, 1.807) is 12.1 Å². The van der Waals surface area contributed by atoms with Crippen molar-refractivity contribution < 1.29 is 30.8 Å². The molecular weight excluding hydrogens is 373 g/mol. The van der Waals surface area contributed by atoms with Crippen LogP contribution in [-0.2, 0) is 22.7 Å². The van der Waals surface area contributed by atoms with Crippen molar-refractivity contribution >= 4 is 15.9 Å².